The van der Waals surface area contributed by atoms with Crippen molar-refractivity contribution in [3.63, 3.8) is 0 Å². The van der Waals surface area contributed by atoms with Crippen molar-refractivity contribution in [3.8, 4) is 0 Å². The van der Waals surface area contributed by atoms with E-state index in [0.717, 1.165) is 6.07 Å². The third-order valence-electron chi connectivity index (χ3n) is 2.45. The van der Waals surface area contributed by atoms with Crippen LogP contribution in [-0.2, 0) is 0 Å². The summed E-state index contributed by atoms with van der Waals surface area (Å²) >= 11 is 5.87. The average Bonchev–Trinajstić information content (AvgIpc) is 2.39. The van der Waals surface area contributed by atoms with Gasteiger partial charge in [-0.1, -0.05) is 29.8 Å². The zero-order valence-corrected chi connectivity index (χ0v) is 10.4. The van der Waals surface area contributed by atoms with Gasteiger partial charge in [-0.05, 0) is 12.1 Å². The normalized spacial score (nSPS) is 11.3. The fourth-order valence-corrected chi connectivity index (χ4v) is 1.79. The van der Waals surface area contributed by atoms with Crippen LogP contribution in [0.4, 0.5) is 11.4 Å². The summed E-state index contributed by atoms with van der Waals surface area (Å²) in [6.07, 6.45) is 1.35. The predicted molar refractivity (Wildman–Crippen MR) is 73.0 cm³/mol. The lowest BCUT2D eigenvalue weighted by Gasteiger charge is -2.04. The van der Waals surface area contributed by atoms with E-state index in [1.807, 2.05) is 6.07 Å². The lowest BCUT2D eigenvalue weighted by molar-refractivity contribution is -0.385. The molecule has 96 valence electrons. The van der Waals surface area contributed by atoms with Gasteiger partial charge in [0.15, 0.2) is 6.21 Å². The maximum Gasteiger partial charge on any atom is 0.271 e. The van der Waals surface area contributed by atoms with Gasteiger partial charge in [-0.3, -0.25) is 10.1 Å². The van der Waals surface area contributed by atoms with Crippen molar-refractivity contribution < 1.29 is 9.66 Å². The fraction of sp³-hybridized carbons (Fsp3) is 0. The summed E-state index contributed by atoms with van der Waals surface area (Å²) in [4.78, 5) is 10.0. The number of nitro benzene ring substituents is 1. The number of hydrogen-bond acceptors (Lipinski definition) is 3. The molecule has 2 aromatic rings. The molecule has 0 aliphatic rings. The molecule has 2 rings (SSSR count). The Morgan fingerprint density at radius 1 is 1.05 bits per heavy atom. The SMILES string of the molecule is O=[N+]([O-])c1ccc([N+]([O-])=Cc2ccccc2)c(Cl)c1. The Labute approximate surface area is 114 Å². The third kappa shape index (κ3) is 3.08. The number of rotatable bonds is 3. The van der Waals surface area contributed by atoms with Crippen molar-refractivity contribution >= 4 is 29.2 Å². The number of nitro groups is 1. The Morgan fingerprint density at radius 2 is 1.74 bits per heavy atom. The van der Waals surface area contributed by atoms with Crippen molar-refractivity contribution in [1.82, 2.24) is 0 Å². The van der Waals surface area contributed by atoms with Crippen LogP contribution in [0.5, 0.6) is 0 Å². The molecule has 5 nitrogen and oxygen atoms in total. The van der Waals surface area contributed by atoms with E-state index < -0.39 is 4.92 Å². The number of nitrogens with zero attached hydrogens (tertiary/aromatic N) is 2. The first-order valence-corrected chi connectivity index (χ1v) is 5.76. The molecular weight excluding hydrogens is 268 g/mol. The molecule has 0 heterocycles. The highest BCUT2D eigenvalue weighted by molar-refractivity contribution is 6.32. The van der Waals surface area contributed by atoms with Crippen LogP contribution in [0.15, 0.2) is 48.5 Å². The standard InChI is InChI=1S/C13H9ClN2O3/c14-12-8-11(16(18)19)6-7-13(12)15(17)9-10-4-2-1-3-5-10/h1-9H. The summed E-state index contributed by atoms with van der Waals surface area (Å²) in [6.45, 7) is 0. The molecule has 0 radical (unpaired) electrons. The Kier molecular flexibility index (Phi) is 3.77. The molecule has 0 bridgehead atoms. The monoisotopic (exact) mass is 276 g/mol. The molecule has 0 unspecified atom stereocenters. The summed E-state index contributed by atoms with van der Waals surface area (Å²) in [5.41, 5.74) is 0.727. The van der Waals surface area contributed by atoms with E-state index in [-0.39, 0.29) is 16.4 Å². The van der Waals surface area contributed by atoms with Gasteiger partial charge in [0, 0.05) is 23.8 Å². The molecule has 19 heavy (non-hydrogen) atoms. The van der Waals surface area contributed by atoms with E-state index in [1.165, 1.54) is 18.3 Å². The largest absolute Gasteiger partial charge is 0.618 e. The van der Waals surface area contributed by atoms with Gasteiger partial charge in [0.25, 0.3) is 5.69 Å². The maximum atomic E-state index is 11.9. The Morgan fingerprint density at radius 3 is 2.32 bits per heavy atom. The molecule has 2 aromatic carbocycles. The summed E-state index contributed by atoms with van der Waals surface area (Å²) in [6, 6.07) is 12.7. The minimum atomic E-state index is -0.564. The highest BCUT2D eigenvalue weighted by Gasteiger charge is 2.14. The molecule has 0 amide bonds. The number of hydrogen-bond donors (Lipinski definition) is 0. The lowest BCUT2D eigenvalue weighted by Crippen LogP contribution is -1.99. The fourth-order valence-electron chi connectivity index (χ4n) is 1.53. The minimum absolute atomic E-state index is 0.0383. The van der Waals surface area contributed by atoms with Crippen molar-refractivity contribution in [2.45, 2.75) is 0 Å². The summed E-state index contributed by atoms with van der Waals surface area (Å²) < 4.78 is 0.585. The smallest absolute Gasteiger partial charge is 0.271 e. The van der Waals surface area contributed by atoms with E-state index in [4.69, 9.17) is 11.6 Å². The topological polar surface area (TPSA) is 69.2 Å². The third-order valence-corrected chi connectivity index (χ3v) is 2.75. The molecule has 0 saturated heterocycles. The van der Waals surface area contributed by atoms with Gasteiger partial charge < -0.3 is 5.21 Å². The van der Waals surface area contributed by atoms with Gasteiger partial charge >= 0.3 is 0 Å². The van der Waals surface area contributed by atoms with E-state index in [2.05, 4.69) is 0 Å². The second-order valence-corrected chi connectivity index (χ2v) is 4.17. The highest BCUT2D eigenvalue weighted by atomic mass is 35.5. The van der Waals surface area contributed by atoms with Gasteiger partial charge in [0.1, 0.15) is 5.02 Å². The zero-order chi connectivity index (χ0) is 13.8. The second-order valence-electron chi connectivity index (χ2n) is 3.76. The van der Waals surface area contributed by atoms with Gasteiger partial charge in [0.2, 0.25) is 5.69 Å². The van der Waals surface area contributed by atoms with Crippen LogP contribution in [0, 0.1) is 15.3 Å². The number of benzene rings is 2. The van der Waals surface area contributed by atoms with Crippen LogP contribution in [-0.4, -0.2) is 15.9 Å². The average molecular weight is 277 g/mol. The lowest BCUT2D eigenvalue weighted by atomic mass is 10.2. The van der Waals surface area contributed by atoms with E-state index in [0.29, 0.717) is 10.3 Å². The van der Waals surface area contributed by atoms with Crippen molar-refractivity contribution in [2.75, 3.05) is 0 Å². The van der Waals surface area contributed by atoms with Crippen molar-refractivity contribution in [1.29, 1.82) is 0 Å². The summed E-state index contributed by atoms with van der Waals surface area (Å²) in [5, 5.41) is 22.5. The van der Waals surface area contributed by atoms with Crippen molar-refractivity contribution in [2.24, 2.45) is 0 Å². The molecular formula is C13H9ClN2O3. The molecule has 0 atom stereocenters. The number of non-ortho nitro benzene ring substituents is 1. The van der Waals surface area contributed by atoms with E-state index in [1.54, 1.807) is 24.3 Å². The van der Waals surface area contributed by atoms with Gasteiger partial charge in [0.05, 0.1) is 4.92 Å². The molecule has 0 saturated carbocycles. The first kappa shape index (κ1) is 13.0. The molecule has 0 aliphatic heterocycles. The van der Waals surface area contributed by atoms with Crippen LogP contribution in [0.25, 0.3) is 0 Å². The van der Waals surface area contributed by atoms with E-state index >= 15 is 0 Å². The Balaban J connectivity index is 2.37. The molecule has 0 aromatic heterocycles. The van der Waals surface area contributed by atoms with Crippen LogP contribution < -0.4 is 0 Å². The summed E-state index contributed by atoms with van der Waals surface area (Å²) in [5.74, 6) is 0. The Bertz CT molecular complexity index is 642. The summed E-state index contributed by atoms with van der Waals surface area (Å²) in [7, 11) is 0. The zero-order valence-electron chi connectivity index (χ0n) is 9.69. The van der Waals surface area contributed by atoms with Crippen LogP contribution in [0.2, 0.25) is 5.02 Å². The van der Waals surface area contributed by atoms with Crippen LogP contribution in [0.1, 0.15) is 5.56 Å². The van der Waals surface area contributed by atoms with Gasteiger partial charge in [-0.15, -0.1) is 0 Å². The molecule has 0 aliphatic carbocycles. The van der Waals surface area contributed by atoms with Crippen LogP contribution in [0.3, 0.4) is 0 Å². The quantitative estimate of drug-likeness (QED) is 0.283. The first-order valence-electron chi connectivity index (χ1n) is 5.38. The second kappa shape index (κ2) is 5.49. The minimum Gasteiger partial charge on any atom is -0.618 e. The first-order chi connectivity index (χ1) is 9.08. The Hall–Kier alpha value is -2.40. The molecule has 0 spiro atoms. The highest BCUT2D eigenvalue weighted by Crippen LogP contribution is 2.28. The van der Waals surface area contributed by atoms with Gasteiger partial charge in [-0.2, -0.15) is 4.74 Å². The molecule has 6 heteroatoms. The van der Waals surface area contributed by atoms with Crippen molar-refractivity contribution in [3.05, 3.63) is 74.4 Å². The maximum absolute atomic E-state index is 11.9. The predicted octanol–water partition coefficient (Wildman–Crippen LogP) is 3.51. The molecule has 0 fully saturated rings. The number of halogens is 1. The van der Waals surface area contributed by atoms with Crippen LogP contribution >= 0.6 is 11.6 Å². The molecule has 0 N–H and O–H groups in total. The van der Waals surface area contributed by atoms with Gasteiger partial charge in [-0.25, -0.2) is 0 Å². The van der Waals surface area contributed by atoms with E-state index in [9.17, 15) is 15.3 Å².